The van der Waals surface area contributed by atoms with Crippen LogP contribution in [0.25, 0.3) is 0 Å². The fourth-order valence-electron chi connectivity index (χ4n) is 1.39. The summed E-state index contributed by atoms with van der Waals surface area (Å²) in [6.45, 7) is 5.72. The summed E-state index contributed by atoms with van der Waals surface area (Å²) in [5, 5.41) is 12.1. The minimum atomic E-state index is -0.810. The van der Waals surface area contributed by atoms with Crippen LogP contribution in [0.4, 0.5) is 5.69 Å². The molecule has 0 saturated carbocycles. The minimum Gasteiger partial charge on any atom is -0.496 e. The molecule has 0 fully saturated rings. The molecule has 1 rings (SSSR count). The zero-order valence-corrected chi connectivity index (χ0v) is 10.7. The second-order valence-electron chi connectivity index (χ2n) is 4.73. The number of benzene rings is 1. The van der Waals surface area contributed by atoms with E-state index in [0.717, 1.165) is 17.0 Å². The van der Waals surface area contributed by atoms with E-state index < -0.39 is 11.4 Å². The number of aryl methyl sites for hydroxylation is 1. The molecule has 0 saturated heterocycles. The average Bonchev–Trinajstić information content (AvgIpc) is 2.26. The molecule has 0 aromatic heterocycles. The maximum atomic E-state index is 10.9. The molecule has 0 aliphatic carbocycles. The lowest BCUT2D eigenvalue weighted by atomic mass is 9.94. The topological polar surface area (TPSA) is 58.6 Å². The Balaban J connectivity index is 2.71. The van der Waals surface area contributed by atoms with Crippen LogP contribution in [0.15, 0.2) is 18.2 Å². The number of anilines is 1. The number of carboxylic acids is 1. The molecule has 0 spiro atoms. The summed E-state index contributed by atoms with van der Waals surface area (Å²) in [4.78, 5) is 10.9. The van der Waals surface area contributed by atoms with Gasteiger partial charge in [0, 0.05) is 12.2 Å². The molecule has 0 unspecified atom stereocenters. The number of hydrogen-bond donors (Lipinski definition) is 2. The molecule has 0 aliphatic rings. The van der Waals surface area contributed by atoms with Crippen LogP contribution in [0.2, 0.25) is 0 Å². The molecule has 17 heavy (non-hydrogen) atoms. The molecule has 0 atom stereocenters. The molecule has 4 heteroatoms. The van der Waals surface area contributed by atoms with Crippen LogP contribution in [-0.4, -0.2) is 24.7 Å². The Bertz CT molecular complexity index is 413. The molecule has 4 nitrogen and oxygen atoms in total. The number of rotatable bonds is 5. The first-order valence-corrected chi connectivity index (χ1v) is 5.49. The molecule has 1 aromatic rings. The minimum absolute atomic E-state index is 0.383. The van der Waals surface area contributed by atoms with Gasteiger partial charge in [-0.1, -0.05) is 0 Å². The van der Waals surface area contributed by atoms with Gasteiger partial charge in [0.1, 0.15) is 5.75 Å². The van der Waals surface area contributed by atoms with Crippen LogP contribution < -0.4 is 10.1 Å². The summed E-state index contributed by atoms with van der Waals surface area (Å²) >= 11 is 0. The maximum Gasteiger partial charge on any atom is 0.310 e. The highest BCUT2D eigenvalue weighted by atomic mass is 16.5. The van der Waals surface area contributed by atoms with Gasteiger partial charge in [-0.2, -0.15) is 0 Å². The van der Waals surface area contributed by atoms with Crippen molar-refractivity contribution in [2.24, 2.45) is 5.41 Å². The summed E-state index contributed by atoms with van der Waals surface area (Å²) in [5.41, 5.74) is 1.14. The number of methoxy groups -OCH3 is 1. The molecular formula is C13H19NO3. The van der Waals surface area contributed by atoms with Gasteiger partial charge in [-0.3, -0.25) is 4.79 Å². The van der Waals surface area contributed by atoms with Crippen molar-refractivity contribution in [2.75, 3.05) is 19.0 Å². The van der Waals surface area contributed by atoms with Crippen LogP contribution in [-0.2, 0) is 4.79 Å². The molecule has 0 bridgehead atoms. The summed E-state index contributed by atoms with van der Waals surface area (Å²) < 4.78 is 5.16. The first kappa shape index (κ1) is 13.4. The monoisotopic (exact) mass is 237 g/mol. The van der Waals surface area contributed by atoms with Gasteiger partial charge >= 0.3 is 5.97 Å². The molecule has 0 aliphatic heterocycles. The van der Waals surface area contributed by atoms with Crippen molar-refractivity contribution in [1.82, 2.24) is 0 Å². The van der Waals surface area contributed by atoms with Crippen molar-refractivity contribution in [2.45, 2.75) is 20.8 Å². The van der Waals surface area contributed by atoms with Gasteiger partial charge in [0.25, 0.3) is 0 Å². The van der Waals surface area contributed by atoms with E-state index in [4.69, 9.17) is 9.84 Å². The lowest BCUT2D eigenvalue weighted by Crippen LogP contribution is -2.31. The van der Waals surface area contributed by atoms with Gasteiger partial charge in [-0.25, -0.2) is 0 Å². The van der Waals surface area contributed by atoms with E-state index in [2.05, 4.69) is 5.32 Å². The zero-order valence-electron chi connectivity index (χ0n) is 10.7. The first-order chi connectivity index (χ1) is 7.86. The predicted octanol–water partition coefficient (Wildman–Crippen LogP) is 2.53. The Morgan fingerprint density at radius 1 is 1.47 bits per heavy atom. The van der Waals surface area contributed by atoms with E-state index in [1.807, 2.05) is 25.1 Å². The van der Waals surface area contributed by atoms with E-state index in [-0.39, 0.29) is 0 Å². The summed E-state index contributed by atoms with van der Waals surface area (Å²) in [5.74, 6) is 0.0169. The second kappa shape index (κ2) is 5.08. The van der Waals surface area contributed by atoms with Crippen LogP contribution in [0.1, 0.15) is 19.4 Å². The normalized spacial score (nSPS) is 11.1. The second-order valence-corrected chi connectivity index (χ2v) is 4.73. The Morgan fingerprint density at radius 3 is 2.59 bits per heavy atom. The molecule has 0 radical (unpaired) electrons. The SMILES string of the molecule is COc1ccc(NCC(C)(C)C(=O)O)cc1C. The van der Waals surface area contributed by atoms with Crippen molar-refractivity contribution < 1.29 is 14.6 Å². The van der Waals surface area contributed by atoms with E-state index >= 15 is 0 Å². The van der Waals surface area contributed by atoms with Gasteiger partial charge in [0.15, 0.2) is 0 Å². The number of hydrogen-bond acceptors (Lipinski definition) is 3. The van der Waals surface area contributed by atoms with Gasteiger partial charge in [0.05, 0.1) is 12.5 Å². The largest absolute Gasteiger partial charge is 0.496 e. The predicted molar refractivity (Wildman–Crippen MR) is 67.6 cm³/mol. The third-order valence-electron chi connectivity index (χ3n) is 2.71. The van der Waals surface area contributed by atoms with E-state index in [1.165, 1.54) is 0 Å². The van der Waals surface area contributed by atoms with Crippen LogP contribution in [0, 0.1) is 12.3 Å². The van der Waals surface area contributed by atoms with Gasteiger partial charge in [0.2, 0.25) is 0 Å². The van der Waals surface area contributed by atoms with Gasteiger partial charge < -0.3 is 15.2 Å². The van der Waals surface area contributed by atoms with Crippen LogP contribution in [0.3, 0.4) is 0 Å². The Hall–Kier alpha value is -1.71. The van der Waals surface area contributed by atoms with E-state index in [1.54, 1.807) is 21.0 Å². The van der Waals surface area contributed by atoms with E-state index in [9.17, 15) is 4.79 Å². The zero-order chi connectivity index (χ0) is 13.1. The highest BCUT2D eigenvalue weighted by Gasteiger charge is 2.26. The molecule has 1 aromatic carbocycles. The average molecular weight is 237 g/mol. The maximum absolute atomic E-state index is 10.9. The lowest BCUT2D eigenvalue weighted by molar-refractivity contribution is -0.146. The van der Waals surface area contributed by atoms with Gasteiger partial charge in [-0.15, -0.1) is 0 Å². The Kier molecular flexibility index (Phi) is 3.99. The highest BCUT2D eigenvalue weighted by molar-refractivity contribution is 5.74. The fourth-order valence-corrected chi connectivity index (χ4v) is 1.39. The lowest BCUT2D eigenvalue weighted by Gasteiger charge is -2.20. The molecule has 0 amide bonds. The summed E-state index contributed by atoms with van der Waals surface area (Å²) in [6.07, 6.45) is 0. The number of carboxylic acid groups (broad SMARTS) is 1. The molecule has 94 valence electrons. The third kappa shape index (κ3) is 3.37. The Labute approximate surface area is 102 Å². The highest BCUT2D eigenvalue weighted by Crippen LogP contribution is 2.23. The number of carbonyl (C=O) groups is 1. The van der Waals surface area contributed by atoms with Crippen molar-refractivity contribution in [3.05, 3.63) is 23.8 Å². The third-order valence-corrected chi connectivity index (χ3v) is 2.71. The van der Waals surface area contributed by atoms with Gasteiger partial charge in [-0.05, 0) is 44.5 Å². The van der Waals surface area contributed by atoms with Crippen molar-refractivity contribution >= 4 is 11.7 Å². The van der Waals surface area contributed by atoms with Crippen LogP contribution >= 0.6 is 0 Å². The standard InChI is InChI=1S/C13H19NO3/c1-9-7-10(5-6-11(9)17-4)14-8-13(2,3)12(15)16/h5-7,14H,8H2,1-4H3,(H,15,16). The number of aliphatic carboxylic acids is 1. The molecular weight excluding hydrogens is 218 g/mol. The van der Waals surface area contributed by atoms with Crippen LogP contribution in [0.5, 0.6) is 5.75 Å². The Morgan fingerprint density at radius 2 is 2.12 bits per heavy atom. The molecule has 0 heterocycles. The summed E-state index contributed by atoms with van der Waals surface area (Å²) in [6, 6.07) is 5.69. The van der Waals surface area contributed by atoms with Crippen molar-refractivity contribution in [3.63, 3.8) is 0 Å². The smallest absolute Gasteiger partial charge is 0.310 e. The van der Waals surface area contributed by atoms with Crippen molar-refractivity contribution in [3.8, 4) is 5.75 Å². The van der Waals surface area contributed by atoms with E-state index in [0.29, 0.717) is 6.54 Å². The fraction of sp³-hybridized carbons (Fsp3) is 0.462. The first-order valence-electron chi connectivity index (χ1n) is 5.49. The number of ether oxygens (including phenoxy) is 1. The number of nitrogens with one attached hydrogen (secondary N) is 1. The quantitative estimate of drug-likeness (QED) is 0.826. The van der Waals surface area contributed by atoms with Crippen molar-refractivity contribution in [1.29, 1.82) is 0 Å². The molecule has 2 N–H and O–H groups in total. The summed E-state index contributed by atoms with van der Waals surface area (Å²) in [7, 11) is 1.63.